The molecule has 1 saturated carbocycles. The van der Waals surface area contributed by atoms with Gasteiger partial charge < -0.3 is 19.7 Å². The summed E-state index contributed by atoms with van der Waals surface area (Å²) in [5.74, 6) is -0.571. The second-order valence-electron chi connectivity index (χ2n) is 6.93. The van der Waals surface area contributed by atoms with Gasteiger partial charge in [-0.3, -0.25) is 9.59 Å². The maximum atomic E-state index is 12.5. The SMILES string of the molecule is CN(CC(=O)NC1CC1)C(=O)COC(=O)c1ccccc1COc1ccccc1. The van der Waals surface area contributed by atoms with Crippen molar-refractivity contribution in [3.8, 4) is 5.75 Å². The molecule has 2 amide bonds. The number of carbonyl (C=O) groups excluding carboxylic acids is 3. The van der Waals surface area contributed by atoms with Crippen molar-refractivity contribution in [2.45, 2.75) is 25.5 Å². The minimum Gasteiger partial charge on any atom is -0.489 e. The van der Waals surface area contributed by atoms with Crippen LogP contribution in [-0.2, 0) is 20.9 Å². The molecule has 1 aliphatic carbocycles. The number of benzene rings is 2. The summed E-state index contributed by atoms with van der Waals surface area (Å²) >= 11 is 0. The van der Waals surface area contributed by atoms with Crippen LogP contribution in [0.15, 0.2) is 54.6 Å². The van der Waals surface area contributed by atoms with Crippen molar-refractivity contribution in [1.29, 1.82) is 0 Å². The fourth-order valence-electron chi connectivity index (χ4n) is 2.64. The summed E-state index contributed by atoms with van der Waals surface area (Å²) < 4.78 is 10.9. The van der Waals surface area contributed by atoms with Gasteiger partial charge in [-0.15, -0.1) is 0 Å². The van der Waals surface area contributed by atoms with Crippen LogP contribution in [0.4, 0.5) is 0 Å². The van der Waals surface area contributed by atoms with Gasteiger partial charge in [0.05, 0.1) is 12.1 Å². The lowest BCUT2D eigenvalue weighted by atomic mass is 10.1. The molecule has 0 saturated heterocycles. The fourth-order valence-corrected chi connectivity index (χ4v) is 2.64. The van der Waals surface area contributed by atoms with Crippen LogP contribution in [0.1, 0.15) is 28.8 Å². The number of nitrogens with one attached hydrogen (secondary N) is 1. The van der Waals surface area contributed by atoms with Crippen LogP contribution in [0.25, 0.3) is 0 Å². The topological polar surface area (TPSA) is 84.9 Å². The van der Waals surface area contributed by atoms with Gasteiger partial charge in [0.2, 0.25) is 5.91 Å². The highest BCUT2D eigenvalue weighted by Crippen LogP contribution is 2.18. The Labute approximate surface area is 169 Å². The van der Waals surface area contributed by atoms with Gasteiger partial charge in [0.1, 0.15) is 12.4 Å². The highest BCUT2D eigenvalue weighted by molar-refractivity contribution is 5.93. The molecule has 152 valence electrons. The van der Waals surface area contributed by atoms with Gasteiger partial charge in [-0.05, 0) is 31.0 Å². The summed E-state index contributed by atoms with van der Waals surface area (Å²) in [5.41, 5.74) is 0.997. The van der Waals surface area contributed by atoms with E-state index < -0.39 is 18.5 Å². The highest BCUT2D eigenvalue weighted by atomic mass is 16.5. The Morgan fingerprint density at radius 2 is 1.72 bits per heavy atom. The number of hydrogen-bond acceptors (Lipinski definition) is 5. The molecule has 0 aromatic heterocycles. The third-order valence-electron chi connectivity index (χ3n) is 4.45. The predicted molar refractivity (Wildman–Crippen MR) is 106 cm³/mol. The fraction of sp³-hybridized carbons (Fsp3) is 0.318. The molecule has 2 aromatic rings. The third kappa shape index (κ3) is 6.34. The van der Waals surface area contributed by atoms with Crippen LogP contribution in [0.3, 0.4) is 0 Å². The Morgan fingerprint density at radius 1 is 1.03 bits per heavy atom. The molecule has 7 heteroatoms. The molecule has 29 heavy (non-hydrogen) atoms. The molecule has 1 aliphatic rings. The number of esters is 1. The molecule has 7 nitrogen and oxygen atoms in total. The van der Waals surface area contributed by atoms with E-state index >= 15 is 0 Å². The Balaban J connectivity index is 1.50. The van der Waals surface area contributed by atoms with Crippen LogP contribution in [0, 0.1) is 0 Å². The molecule has 0 aliphatic heterocycles. The zero-order valence-corrected chi connectivity index (χ0v) is 16.3. The van der Waals surface area contributed by atoms with E-state index in [1.807, 2.05) is 30.3 Å². The van der Waals surface area contributed by atoms with Gasteiger partial charge in [0, 0.05) is 18.7 Å². The number of hydrogen-bond donors (Lipinski definition) is 1. The smallest absolute Gasteiger partial charge is 0.339 e. The van der Waals surface area contributed by atoms with Crippen molar-refractivity contribution < 1.29 is 23.9 Å². The number of amides is 2. The largest absolute Gasteiger partial charge is 0.489 e. The summed E-state index contributed by atoms with van der Waals surface area (Å²) in [6, 6.07) is 16.4. The van der Waals surface area contributed by atoms with E-state index in [1.54, 1.807) is 24.3 Å². The molecular weight excluding hydrogens is 372 g/mol. The average molecular weight is 396 g/mol. The summed E-state index contributed by atoms with van der Waals surface area (Å²) in [6.45, 7) is -0.293. The predicted octanol–water partition coefficient (Wildman–Crippen LogP) is 2.16. The van der Waals surface area contributed by atoms with Gasteiger partial charge >= 0.3 is 5.97 Å². The standard InChI is InChI=1S/C22H24N2O5/c1-24(13-20(25)23-17-11-12-17)21(26)15-29-22(27)19-10-6-5-7-16(19)14-28-18-8-3-2-4-9-18/h2-10,17H,11-15H2,1H3,(H,23,25). The zero-order chi connectivity index (χ0) is 20.6. The third-order valence-corrected chi connectivity index (χ3v) is 4.45. The number of para-hydroxylation sites is 1. The van der Waals surface area contributed by atoms with E-state index in [9.17, 15) is 14.4 Å². The van der Waals surface area contributed by atoms with Crippen molar-refractivity contribution in [3.05, 3.63) is 65.7 Å². The second-order valence-corrected chi connectivity index (χ2v) is 6.93. The molecule has 3 rings (SSSR count). The monoisotopic (exact) mass is 396 g/mol. The van der Waals surface area contributed by atoms with E-state index in [0.29, 0.717) is 16.9 Å². The molecule has 0 heterocycles. The number of rotatable bonds is 9. The van der Waals surface area contributed by atoms with E-state index in [4.69, 9.17) is 9.47 Å². The molecule has 0 atom stereocenters. The number of ether oxygens (including phenoxy) is 2. The lowest BCUT2D eigenvalue weighted by molar-refractivity contribution is -0.137. The first-order chi connectivity index (χ1) is 14.0. The van der Waals surface area contributed by atoms with Crippen molar-refractivity contribution in [2.75, 3.05) is 20.2 Å². The normalized spacial score (nSPS) is 12.7. The van der Waals surface area contributed by atoms with Crippen LogP contribution < -0.4 is 10.1 Å². The maximum absolute atomic E-state index is 12.5. The lowest BCUT2D eigenvalue weighted by Crippen LogP contribution is -2.40. The van der Waals surface area contributed by atoms with Crippen molar-refractivity contribution >= 4 is 17.8 Å². The Morgan fingerprint density at radius 3 is 2.45 bits per heavy atom. The minimum atomic E-state index is -0.610. The zero-order valence-electron chi connectivity index (χ0n) is 16.3. The molecule has 0 radical (unpaired) electrons. The van der Waals surface area contributed by atoms with Crippen molar-refractivity contribution in [1.82, 2.24) is 10.2 Å². The van der Waals surface area contributed by atoms with E-state index in [0.717, 1.165) is 12.8 Å². The first-order valence-electron chi connectivity index (χ1n) is 9.49. The summed E-state index contributed by atoms with van der Waals surface area (Å²) in [6.07, 6.45) is 1.96. The van der Waals surface area contributed by atoms with E-state index in [2.05, 4.69) is 5.32 Å². The van der Waals surface area contributed by atoms with Gasteiger partial charge in [-0.2, -0.15) is 0 Å². The number of likely N-dealkylation sites (N-methyl/N-ethyl adjacent to an activating group) is 1. The molecular formula is C22H24N2O5. The molecule has 0 bridgehead atoms. The van der Waals surface area contributed by atoms with Gasteiger partial charge in [-0.1, -0.05) is 36.4 Å². The van der Waals surface area contributed by atoms with Crippen LogP contribution in [0.2, 0.25) is 0 Å². The van der Waals surface area contributed by atoms with E-state index in [1.165, 1.54) is 11.9 Å². The Bertz CT molecular complexity index is 865. The quantitative estimate of drug-likeness (QED) is 0.657. The second kappa shape index (κ2) is 9.73. The molecule has 1 N–H and O–H groups in total. The van der Waals surface area contributed by atoms with Gasteiger partial charge in [0.15, 0.2) is 6.61 Å². The number of carbonyl (C=O) groups is 3. The first-order valence-corrected chi connectivity index (χ1v) is 9.49. The van der Waals surface area contributed by atoms with Crippen molar-refractivity contribution in [3.63, 3.8) is 0 Å². The van der Waals surface area contributed by atoms with E-state index in [-0.39, 0.29) is 25.1 Å². The molecule has 0 unspecified atom stereocenters. The van der Waals surface area contributed by atoms with Crippen molar-refractivity contribution in [2.24, 2.45) is 0 Å². The molecule has 2 aromatic carbocycles. The Hall–Kier alpha value is -3.35. The highest BCUT2D eigenvalue weighted by Gasteiger charge is 2.24. The molecule has 1 fully saturated rings. The summed E-state index contributed by atoms with van der Waals surface area (Å²) in [4.78, 5) is 37.6. The minimum absolute atomic E-state index is 0.0611. The lowest BCUT2D eigenvalue weighted by Gasteiger charge is -2.17. The van der Waals surface area contributed by atoms with Crippen LogP contribution in [0.5, 0.6) is 5.75 Å². The molecule has 0 spiro atoms. The summed E-state index contributed by atoms with van der Waals surface area (Å²) in [7, 11) is 1.50. The Kier molecular flexibility index (Phi) is 6.84. The maximum Gasteiger partial charge on any atom is 0.339 e. The van der Waals surface area contributed by atoms with Crippen LogP contribution in [-0.4, -0.2) is 48.9 Å². The first kappa shape index (κ1) is 20.4. The number of nitrogens with zero attached hydrogens (tertiary/aromatic N) is 1. The van der Waals surface area contributed by atoms with Crippen LogP contribution >= 0.6 is 0 Å². The van der Waals surface area contributed by atoms with Gasteiger partial charge in [0.25, 0.3) is 5.91 Å². The average Bonchev–Trinajstić information content (AvgIpc) is 3.55. The van der Waals surface area contributed by atoms with Gasteiger partial charge in [-0.25, -0.2) is 4.79 Å². The summed E-state index contributed by atoms with van der Waals surface area (Å²) in [5, 5.41) is 2.81.